The number of allylic oxidation sites excluding steroid dienone is 2. The van der Waals surface area contributed by atoms with E-state index >= 15 is 0 Å². The zero-order chi connectivity index (χ0) is 59.9. The summed E-state index contributed by atoms with van der Waals surface area (Å²) in [7, 11) is 0. The van der Waals surface area contributed by atoms with Crippen LogP contribution >= 0.6 is 0 Å². The van der Waals surface area contributed by atoms with Crippen LogP contribution in [-0.4, -0.2) is 4.70 Å². The molecule has 1 aliphatic heterocycles. The van der Waals surface area contributed by atoms with Crippen molar-refractivity contribution in [3.63, 3.8) is 0 Å². The summed E-state index contributed by atoms with van der Waals surface area (Å²) >= 11 is 0. The van der Waals surface area contributed by atoms with Crippen molar-refractivity contribution < 1.29 is 25.1 Å². The van der Waals surface area contributed by atoms with E-state index in [0.717, 1.165) is 66.6 Å². The largest absolute Gasteiger partial charge is 0.493 e. The molecule has 0 radical (unpaired) electrons. The smallest absolute Gasteiger partial charge is 0.210 e. The van der Waals surface area contributed by atoms with Gasteiger partial charge in [-0.15, -0.1) is 0 Å². The van der Waals surface area contributed by atoms with E-state index in [2.05, 4.69) is 101 Å². The van der Waals surface area contributed by atoms with Crippen LogP contribution in [0.25, 0.3) is 16.9 Å². The van der Waals surface area contributed by atoms with Gasteiger partial charge in [0.05, 0.1) is 0 Å². The first-order valence-corrected chi connectivity index (χ1v) is 37.7. The van der Waals surface area contributed by atoms with Crippen LogP contribution < -0.4 is 0 Å². The Morgan fingerprint density at radius 1 is 0.294 bits per heavy atom. The first-order chi connectivity index (χ1) is 41.5. The molecule has 3 rings (SSSR count). The first kappa shape index (κ1) is 78.4. The van der Waals surface area contributed by atoms with Gasteiger partial charge >= 0.3 is 0 Å². The molecule has 1 heterocycles. The third kappa shape index (κ3) is 41.3. The predicted molar refractivity (Wildman–Crippen MR) is 375 cm³/mol. The van der Waals surface area contributed by atoms with Crippen molar-refractivity contribution in [3.05, 3.63) is 87.0 Å². The molecular weight excluding hydrogens is 1120 g/mol. The molecule has 0 saturated carbocycles. The van der Waals surface area contributed by atoms with Gasteiger partial charge in [-0.05, 0) is 92.8 Å². The molecule has 0 aliphatic carbocycles. The molecule has 2 aromatic carbocycles. The van der Waals surface area contributed by atoms with Crippen molar-refractivity contribution in [3.8, 4) is 23.7 Å². The molecule has 0 amide bonds. The standard InChI is InChI=1S/C82H136N2.Pd/c1-6-11-16-21-24-26-28-30-32-34-36-38-40-42-44-46-48-50-52-54-59-64-74-67-75(65-60-55-53-51-49-47-45-43-41-39-37-35-33-31-29-27-25-22-17-12-7-2)70-79(69-74)81-73-78(66-61-56-23-18-13-8-3)82(84(81)83)80-71-76(62-57-19-14-9-4)68-77(72-80)63-58-20-15-10-5;/h67-73H,6-58,61-63,66H2,1-5H3;. The molecular formula is C82H136N2Pd. The average Bonchev–Trinajstić information content (AvgIpc) is 2.18. The van der Waals surface area contributed by atoms with Crippen LogP contribution in [0, 0.1) is 23.7 Å². The minimum atomic E-state index is 0. The Morgan fingerprint density at radius 3 is 0.882 bits per heavy atom. The number of aryl methyl sites for hydroxylation is 2. The Labute approximate surface area is 544 Å². The molecule has 85 heavy (non-hydrogen) atoms. The summed E-state index contributed by atoms with van der Waals surface area (Å²) in [6, 6.07) is 14.0. The number of unbranched alkanes of at least 4 members (excludes halogenated alkanes) is 49. The molecule has 0 fully saturated rings. The Balaban J connectivity index is 0.0000247. The van der Waals surface area contributed by atoms with E-state index < -0.39 is 0 Å². The molecule has 0 spiro atoms. The van der Waals surface area contributed by atoms with Crippen molar-refractivity contribution in [1.82, 2.24) is 0 Å². The van der Waals surface area contributed by atoms with Crippen LogP contribution in [0.3, 0.4) is 0 Å². The van der Waals surface area contributed by atoms with Gasteiger partial charge in [0.25, 0.3) is 0 Å². The summed E-state index contributed by atoms with van der Waals surface area (Å²) in [5, 5.41) is 0. The normalized spacial score (nSPS) is 12.2. The molecule has 3 heteroatoms. The van der Waals surface area contributed by atoms with Gasteiger partial charge in [0.1, 0.15) is 0 Å². The van der Waals surface area contributed by atoms with E-state index in [9.17, 15) is 5.53 Å². The third-order valence-electron chi connectivity index (χ3n) is 18.3. The molecule has 0 aromatic heterocycles. The molecule has 0 atom stereocenters. The maximum absolute atomic E-state index is 12.6. The zero-order valence-electron chi connectivity index (χ0n) is 57.1. The van der Waals surface area contributed by atoms with E-state index in [1.165, 1.54) is 350 Å². The zero-order valence-corrected chi connectivity index (χ0v) is 58.6. The minimum Gasteiger partial charge on any atom is -0.493 e. The van der Waals surface area contributed by atoms with Crippen molar-refractivity contribution in [2.75, 3.05) is 0 Å². The second kappa shape index (κ2) is 57.7. The third-order valence-corrected chi connectivity index (χ3v) is 18.3. The fourth-order valence-corrected chi connectivity index (χ4v) is 12.9. The fourth-order valence-electron chi connectivity index (χ4n) is 12.9. The Kier molecular flexibility index (Phi) is 53.2. The summed E-state index contributed by atoms with van der Waals surface area (Å²) in [6.07, 6.45) is 78.2. The van der Waals surface area contributed by atoms with Crippen LogP contribution in [0.1, 0.15) is 421 Å². The number of nitrogens with zero attached hydrogens (tertiary/aromatic N) is 2. The van der Waals surface area contributed by atoms with Gasteiger partial charge < -0.3 is 5.53 Å². The summed E-state index contributed by atoms with van der Waals surface area (Å²) in [5.41, 5.74) is 22.8. The Hall–Kier alpha value is -2.70. The molecule has 484 valence electrons. The van der Waals surface area contributed by atoms with Crippen LogP contribution in [-0.2, 0) is 33.3 Å². The van der Waals surface area contributed by atoms with Gasteiger partial charge in [0, 0.05) is 67.2 Å². The molecule has 2 aromatic rings. The minimum absolute atomic E-state index is 0. The van der Waals surface area contributed by atoms with E-state index in [1.807, 2.05) is 0 Å². The fraction of sp³-hybridized carbons (Fsp3) is 0.756. The van der Waals surface area contributed by atoms with Gasteiger partial charge in [-0.1, -0.05) is 366 Å². The summed E-state index contributed by atoms with van der Waals surface area (Å²) in [4.78, 5) is 0. The summed E-state index contributed by atoms with van der Waals surface area (Å²) in [6.45, 7) is 11.5. The molecule has 0 saturated heterocycles. The van der Waals surface area contributed by atoms with E-state index in [-0.39, 0.29) is 20.4 Å². The number of hydrogen-bond donors (Lipinski definition) is 0. The second-order valence-corrected chi connectivity index (χ2v) is 26.5. The van der Waals surface area contributed by atoms with Crippen LogP contribution in [0.2, 0.25) is 0 Å². The molecule has 0 unspecified atom stereocenters. The van der Waals surface area contributed by atoms with Crippen molar-refractivity contribution >= 4 is 11.4 Å². The maximum Gasteiger partial charge on any atom is 0.210 e. The van der Waals surface area contributed by atoms with Crippen molar-refractivity contribution in [2.45, 2.75) is 401 Å². The monoisotopic (exact) mass is 1250 g/mol. The molecule has 0 N–H and O–H groups in total. The first-order valence-electron chi connectivity index (χ1n) is 37.7. The van der Waals surface area contributed by atoms with Gasteiger partial charge in [0.15, 0.2) is 0 Å². The quantitative estimate of drug-likeness (QED) is 0.0273. The Morgan fingerprint density at radius 2 is 0.565 bits per heavy atom. The van der Waals surface area contributed by atoms with E-state index in [0.29, 0.717) is 0 Å². The number of rotatable bonds is 57. The molecule has 0 bridgehead atoms. The summed E-state index contributed by atoms with van der Waals surface area (Å²) < 4.78 is 1.56. The molecule has 2 nitrogen and oxygen atoms in total. The van der Waals surface area contributed by atoms with E-state index in [4.69, 9.17) is 0 Å². The summed E-state index contributed by atoms with van der Waals surface area (Å²) in [5.74, 6) is 14.4. The van der Waals surface area contributed by atoms with Crippen LogP contribution in [0.4, 0.5) is 0 Å². The number of hydrogen-bond acceptors (Lipinski definition) is 0. The van der Waals surface area contributed by atoms with Crippen LogP contribution in [0.5, 0.6) is 0 Å². The number of benzene rings is 2. The van der Waals surface area contributed by atoms with Gasteiger partial charge in [-0.2, -0.15) is 0 Å². The second-order valence-electron chi connectivity index (χ2n) is 26.5. The van der Waals surface area contributed by atoms with Gasteiger partial charge in [-0.25, -0.2) is 4.70 Å². The predicted octanol–water partition coefficient (Wildman–Crippen LogP) is 27.8. The Bertz CT molecular complexity index is 1990. The van der Waals surface area contributed by atoms with Crippen LogP contribution in [0.15, 0.2) is 48.0 Å². The SMILES string of the molecule is CCCCCCCCCCCCCCCCCCCCCC#Cc1cc(C#CCCCCCCCCCCCCCCCCCCCCC)cc(C2=CC(CCCCCCCC)=C(c3cc(CCCCCC)cc(CCCCCC)c3)[N+]2=[N-])c1.[Pd]. The van der Waals surface area contributed by atoms with E-state index in [1.54, 1.807) is 4.70 Å². The maximum atomic E-state index is 12.6. The van der Waals surface area contributed by atoms with Gasteiger partial charge in [-0.3, -0.25) is 0 Å². The van der Waals surface area contributed by atoms with Gasteiger partial charge in [0.2, 0.25) is 11.4 Å². The van der Waals surface area contributed by atoms with Crippen molar-refractivity contribution in [1.29, 1.82) is 0 Å². The average molecular weight is 1260 g/mol. The molecule has 1 aliphatic rings. The topological polar surface area (TPSA) is 25.3 Å². The van der Waals surface area contributed by atoms with Crippen molar-refractivity contribution in [2.24, 2.45) is 0 Å².